The molecule has 0 bridgehead atoms. The summed E-state index contributed by atoms with van der Waals surface area (Å²) in [5, 5.41) is 10.0. The van der Waals surface area contributed by atoms with E-state index in [1.54, 1.807) is 6.20 Å². The van der Waals surface area contributed by atoms with Crippen molar-refractivity contribution in [2.75, 3.05) is 36.2 Å². The van der Waals surface area contributed by atoms with Gasteiger partial charge in [-0.15, -0.1) is 0 Å². The van der Waals surface area contributed by atoms with Gasteiger partial charge in [0.25, 0.3) is 0 Å². The summed E-state index contributed by atoms with van der Waals surface area (Å²) in [5.41, 5.74) is 0.355. The van der Waals surface area contributed by atoms with Crippen LogP contribution in [-0.4, -0.2) is 42.7 Å². The zero-order valence-electron chi connectivity index (χ0n) is 16.9. The smallest absolute Gasteiger partial charge is 0.319 e. The van der Waals surface area contributed by atoms with Crippen LogP contribution in [0.3, 0.4) is 0 Å². The van der Waals surface area contributed by atoms with Gasteiger partial charge in [0.2, 0.25) is 5.95 Å². The van der Waals surface area contributed by atoms with Crippen molar-refractivity contribution in [3.05, 3.63) is 39.5 Å². The fraction of sp³-hybridized carbons (Fsp3) is 0.450. The number of carbonyl (C=O) groups excluding carboxylic acids is 1. The third kappa shape index (κ3) is 6.27. The van der Waals surface area contributed by atoms with E-state index in [2.05, 4.69) is 25.9 Å². The van der Waals surface area contributed by atoms with Gasteiger partial charge in [-0.2, -0.15) is 4.98 Å². The first kappa shape index (κ1) is 22.7. The minimum absolute atomic E-state index is 0.301. The van der Waals surface area contributed by atoms with E-state index in [0.717, 1.165) is 31.5 Å². The fourth-order valence-corrected chi connectivity index (χ4v) is 4.33. The SMILES string of the molecule is CN(C)c1ccnc(NC2CCC(CNC(=O)Nc3c(Cl)cc(Cl)cc3Cl)CC2)n1. The van der Waals surface area contributed by atoms with Crippen LogP contribution in [0.25, 0.3) is 0 Å². The Hall–Kier alpha value is -1.96. The summed E-state index contributed by atoms with van der Waals surface area (Å²) in [6.07, 6.45) is 5.77. The number of aromatic nitrogens is 2. The molecule has 1 fully saturated rings. The van der Waals surface area contributed by atoms with Crippen LogP contribution in [0, 0.1) is 5.92 Å². The molecule has 1 heterocycles. The van der Waals surface area contributed by atoms with Gasteiger partial charge in [0.15, 0.2) is 0 Å². The number of nitrogens with zero attached hydrogens (tertiary/aromatic N) is 3. The van der Waals surface area contributed by atoms with Crippen molar-refractivity contribution in [1.29, 1.82) is 0 Å². The van der Waals surface area contributed by atoms with Crippen LogP contribution in [0.4, 0.5) is 22.2 Å². The predicted molar refractivity (Wildman–Crippen MR) is 124 cm³/mol. The Kier molecular flexibility index (Phi) is 7.86. The van der Waals surface area contributed by atoms with Gasteiger partial charge in [-0.3, -0.25) is 0 Å². The van der Waals surface area contributed by atoms with E-state index in [4.69, 9.17) is 34.8 Å². The number of anilines is 3. The highest BCUT2D eigenvalue weighted by Crippen LogP contribution is 2.33. The van der Waals surface area contributed by atoms with E-state index < -0.39 is 0 Å². The van der Waals surface area contributed by atoms with E-state index >= 15 is 0 Å². The van der Waals surface area contributed by atoms with Gasteiger partial charge in [0.05, 0.1) is 15.7 Å². The summed E-state index contributed by atoms with van der Waals surface area (Å²) in [5.74, 6) is 1.94. The highest BCUT2D eigenvalue weighted by atomic mass is 35.5. The summed E-state index contributed by atoms with van der Waals surface area (Å²) in [4.78, 5) is 23.0. The molecule has 3 rings (SSSR count). The number of urea groups is 1. The van der Waals surface area contributed by atoms with Crippen LogP contribution in [0.15, 0.2) is 24.4 Å². The first-order valence-electron chi connectivity index (χ1n) is 9.78. The molecule has 0 atom stereocenters. The molecular formula is C20H25Cl3N6O. The van der Waals surface area contributed by atoms with Gasteiger partial charge < -0.3 is 20.9 Å². The molecule has 0 unspecified atom stereocenters. The summed E-state index contributed by atoms with van der Waals surface area (Å²) >= 11 is 18.1. The molecule has 0 saturated heterocycles. The second kappa shape index (κ2) is 10.4. The van der Waals surface area contributed by atoms with Crippen molar-refractivity contribution < 1.29 is 4.79 Å². The van der Waals surface area contributed by atoms with Crippen LogP contribution < -0.4 is 20.9 Å². The highest BCUT2D eigenvalue weighted by molar-refractivity contribution is 6.42. The molecule has 0 aliphatic heterocycles. The first-order chi connectivity index (χ1) is 14.3. The minimum atomic E-state index is -0.338. The van der Waals surface area contributed by atoms with Gasteiger partial charge in [-0.1, -0.05) is 34.8 Å². The summed E-state index contributed by atoms with van der Waals surface area (Å²) in [6, 6.07) is 4.95. The average Bonchev–Trinajstić information content (AvgIpc) is 2.70. The Bertz CT molecular complexity index is 864. The number of nitrogens with one attached hydrogen (secondary N) is 3. The number of carbonyl (C=O) groups is 1. The molecule has 30 heavy (non-hydrogen) atoms. The van der Waals surface area contributed by atoms with Crippen molar-refractivity contribution in [2.24, 2.45) is 5.92 Å². The first-order valence-corrected chi connectivity index (χ1v) is 10.9. The Morgan fingerprint density at radius 1 is 1.13 bits per heavy atom. The van der Waals surface area contributed by atoms with Gasteiger partial charge in [0, 0.05) is 37.9 Å². The lowest BCUT2D eigenvalue weighted by molar-refractivity contribution is 0.246. The van der Waals surface area contributed by atoms with Crippen LogP contribution in [0.5, 0.6) is 0 Å². The number of amides is 2. The zero-order valence-corrected chi connectivity index (χ0v) is 19.2. The standard InChI is InChI=1S/C20H25Cl3N6O/c1-29(2)17-7-8-24-19(27-17)26-14-5-3-12(4-6-14)11-25-20(30)28-18-15(22)9-13(21)10-16(18)23/h7-10,12,14H,3-6,11H2,1-2H3,(H,24,26,27)(H2,25,28,30). The summed E-state index contributed by atoms with van der Waals surface area (Å²) in [7, 11) is 3.91. The number of halogens is 3. The zero-order chi connectivity index (χ0) is 21.7. The third-order valence-electron chi connectivity index (χ3n) is 5.08. The molecule has 1 saturated carbocycles. The molecule has 10 heteroatoms. The highest BCUT2D eigenvalue weighted by Gasteiger charge is 2.22. The van der Waals surface area contributed by atoms with Gasteiger partial charge in [-0.25, -0.2) is 9.78 Å². The van der Waals surface area contributed by atoms with Crippen LogP contribution in [0.2, 0.25) is 15.1 Å². The van der Waals surface area contributed by atoms with Gasteiger partial charge in [-0.05, 0) is 49.8 Å². The predicted octanol–water partition coefficient (Wildman–Crippen LogP) is 5.30. The Balaban J connectivity index is 1.43. The van der Waals surface area contributed by atoms with Crippen molar-refractivity contribution in [3.8, 4) is 0 Å². The molecular weight excluding hydrogens is 447 g/mol. The molecule has 162 valence electrons. The maximum absolute atomic E-state index is 12.2. The molecule has 0 radical (unpaired) electrons. The van der Waals surface area contributed by atoms with Crippen LogP contribution in [0.1, 0.15) is 25.7 Å². The lowest BCUT2D eigenvalue weighted by Crippen LogP contribution is -2.36. The third-order valence-corrected chi connectivity index (χ3v) is 5.89. The quantitative estimate of drug-likeness (QED) is 0.533. The summed E-state index contributed by atoms with van der Waals surface area (Å²) in [6.45, 7) is 0.591. The van der Waals surface area contributed by atoms with Crippen molar-refractivity contribution >= 4 is 58.3 Å². The number of hydrogen-bond acceptors (Lipinski definition) is 5. The lowest BCUT2D eigenvalue weighted by Gasteiger charge is -2.29. The number of rotatable bonds is 6. The average molecular weight is 472 g/mol. The van der Waals surface area contributed by atoms with E-state index in [1.165, 1.54) is 12.1 Å². The normalized spacial score (nSPS) is 18.6. The van der Waals surface area contributed by atoms with E-state index in [1.807, 2.05) is 25.1 Å². The number of benzene rings is 1. The maximum atomic E-state index is 12.2. The van der Waals surface area contributed by atoms with Gasteiger partial charge in [0.1, 0.15) is 5.82 Å². The molecule has 2 aromatic rings. The number of hydrogen-bond donors (Lipinski definition) is 3. The second-order valence-corrected chi connectivity index (χ2v) is 8.83. The monoisotopic (exact) mass is 470 g/mol. The van der Waals surface area contributed by atoms with Crippen molar-refractivity contribution in [3.63, 3.8) is 0 Å². The van der Waals surface area contributed by atoms with E-state index in [9.17, 15) is 4.79 Å². The molecule has 1 aromatic carbocycles. The van der Waals surface area contributed by atoms with E-state index in [0.29, 0.717) is 45.2 Å². The molecule has 1 aromatic heterocycles. The van der Waals surface area contributed by atoms with Crippen LogP contribution >= 0.6 is 34.8 Å². The molecule has 1 aliphatic carbocycles. The second-order valence-electron chi connectivity index (χ2n) is 7.57. The Labute approximate surface area is 191 Å². The maximum Gasteiger partial charge on any atom is 0.319 e. The van der Waals surface area contributed by atoms with Crippen molar-refractivity contribution in [1.82, 2.24) is 15.3 Å². The van der Waals surface area contributed by atoms with Crippen LogP contribution in [-0.2, 0) is 0 Å². The minimum Gasteiger partial charge on any atom is -0.363 e. The fourth-order valence-electron chi connectivity index (χ4n) is 3.42. The molecule has 0 spiro atoms. The molecule has 3 N–H and O–H groups in total. The topological polar surface area (TPSA) is 82.2 Å². The largest absolute Gasteiger partial charge is 0.363 e. The summed E-state index contributed by atoms with van der Waals surface area (Å²) < 4.78 is 0. The van der Waals surface area contributed by atoms with Crippen molar-refractivity contribution in [2.45, 2.75) is 31.7 Å². The molecule has 7 nitrogen and oxygen atoms in total. The molecule has 1 aliphatic rings. The lowest BCUT2D eigenvalue weighted by atomic mass is 9.86. The van der Waals surface area contributed by atoms with E-state index in [-0.39, 0.29) is 6.03 Å². The molecule has 2 amide bonds. The van der Waals surface area contributed by atoms with Gasteiger partial charge >= 0.3 is 6.03 Å². The Morgan fingerprint density at radius 2 is 1.80 bits per heavy atom. The Morgan fingerprint density at radius 3 is 2.43 bits per heavy atom.